The summed E-state index contributed by atoms with van der Waals surface area (Å²) in [4.78, 5) is 16.8. The summed E-state index contributed by atoms with van der Waals surface area (Å²) in [6.07, 6.45) is 2.48. The number of anilines is 2. The average Bonchev–Trinajstić information content (AvgIpc) is 2.74. The van der Waals surface area contributed by atoms with Crippen molar-refractivity contribution in [2.75, 3.05) is 31.4 Å². The van der Waals surface area contributed by atoms with Gasteiger partial charge < -0.3 is 20.1 Å². The smallest absolute Gasteiger partial charge is 0.274 e. The van der Waals surface area contributed by atoms with Gasteiger partial charge >= 0.3 is 0 Å². The van der Waals surface area contributed by atoms with E-state index in [4.69, 9.17) is 9.47 Å². The average molecular weight is 391 g/mol. The summed E-state index contributed by atoms with van der Waals surface area (Å²) in [7, 11) is 3.23. The lowest BCUT2D eigenvalue weighted by Crippen LogP contribution is -2.15. The predicted molar refractivity (Wildman–Crippen MR) is 115 cm³/mol. The molecule has 0 radical (unpaired) electrons. The standard InChI is InChI=1S/C23H25N3O3/c1-16-4-9-22(29-3)20(14-16)26-23(27)21-15-18(11-13-25-21)24-12-10-17-5-7-19(28-2)8-6-17/h4-9,11,13-15H,10,12H2,1-3H3,(H,24,25)(H,26,27). The van der Waals surface area contributed by atoms with Crippen LogP contribution in [0.1, 0.15) is 21.6 Å². The Labute approximate surface area is 170 Å². The van der Waals surface area contributed by atoms with Crippen LogP contribution in [0.3, 0.4) is 0 Å². The molecule has 2 aromatic carbocycles. The van der Waals surface area contributed by atoms with E-state index in [1.54, 1.807) is 26.5 Å². The van der Waals surface area contributed by atoms with Crippen LogP contribution in [-0.2, 0) is 6.42 Å². The van der Waals surface area contributed by atoms with Crippen LogP contribution in [0.25, 0.3) is 0 Å². The van der Waals surface area contributed by atoms with Gasteiger partial charge in [-0.2, -0.15) is 0 Å². The number of carbonyl (C=O) groups is 1. The molecule has 0 unspecified atom stereocenters. The van der Waals surface area contributed by atoms with Crippen LogP contribution in [0, 0.1) is 6.92 Å². The Kier molecular flexibility index (Phi) is 6.68. The molecule has 0 aliphatic carbocycles. The van der Waals surface area contributed by atoms with Crippen LogP contribution in [0.5, 0.6) is 11.5 Å². The zero-order chi connectivity index (χ0) is 20.6. The van der Waals surface area contributed by atoms with Crippen molar-refractivity contribution < 1.29 is 14.3 Å². The second kappa shape index (κ2) is 9.59. The van der Waals surface area contributed by atoms with Gasteiger partial charge in [0.05, 0.1) is 19.9 Å². The number of aromatic nitrogens is 1. The first-order chi connectivity index (χ1) is 14.1. The molecule has 3 rings (SSSR count). The first-order valence-electron chi connectivity index (χ1n) is 9.38. The minimum atomic E-state index is -0.285. The number of hydrogen-bond acceptors (Lipinski definition) is 5. The molecule has 0 atom stereocenters. The Morgan fingerprint density at radius 1 is 1.00 bits per heavy atom. The number of nitrogens with one attached hydrogen (secondary N) is 2. The first-order valence-corrected chi connectivity index (χ1v) is 9.38. The second-order valence-corrected chi connectivity index (χ2v) is 6.61. The second-order valence-electron chi connectivity index (χ2n) is 6.61. The molecule has 6 heteroatoms. The SMILES string of the molecule is COc1ccc(CCNc2ccnc(C(=O)Nc3cc(C)ccc3OC)c2)cc1. The highest BCUT2D eigenvalue weighted by Crippen LogP contribution is 2.25. The summed E-state index contributed by atoms with van der Waals surface area (Å²) in [5, 5.41) is 6.21. The van der Waals surface area contributed by atoms with E-state index >= 15 is 0 Å². The van der Waals surface area contributed by atoms with Crippen molar-refractivity contribution in [3.8, 4) is 11.5 Å². The van der Waals surface area contributed by atoms with Crippen molar-refractivity contribution in [2.24, 2.45) is 0 Å². The summed E-state index contributed by atoms with van der Waals surface area (Å²) in [5.41, 5.74) is 4.04. The number of pyridine rings is 1. The van der Waals surface area contributed by atoms with E-state index in [1.165, 1.54) is 5.56 Å². The van der Waals surface area contributed by atoms with E-state index in [0.29, 0.717) is 17.1 Å². The molecule has 29 heavy (non-hydrogen) atoms. The lowest BCUT2D eigenvalue weighted by atomic mass is 10.1. The van der Waals surface area contributed by atoms with Crippen molar-refractivity contribution in [3.05, 3.63) is 77.6 Å². The molecule has 1 aromatic heterocycles. The Morgan fingerprint density at radius 2 is 1.79 bits per heavy atom. The van der Waals surface area contributed by atoms with Gasteiger partial charge in [-0.05, 0) is 60.9 Å². The fraction of sp³-hybridized carbons (Fsp3) is 0.217. The summed E-state index contributed by atoms with van der Waals surface area (Å²) in [6, 6.07) is 17.2. The van der Waals surface area contributed by atoms with Gasteiger partial charge in [0, 0.05) is 18.4 Å². The number of carbonyl (C=O) groups excluding carboxylic acids is 1. The fourth-order valence-electron chi connectivity index (χ4n) is 2.91. The van der Waals surface area contributed by atoms with E-state index < -0.39 is 0 Å². The zero-order valence-electron chi connectivity index (χ0n) is 16.9. The molecule has 0 fully saturated rings. The zero-order valence-corrected chi connectivity index (χ0v) is 16.9. The highest BCUT2D eigenvalue weighted by molar-refractivity contribution is 6.04. The van der Waals surface area contributed by atoms with E-state index in [9.17, 15) is 4.79 Å². The third-order valence-corrected chi connectivity index (χ3v) is 4.50. The maximum Gasteiger partial charge on any atom is 0.274 e. The van der Waals surface area contributed by atoms with Crippen LogP contribution in [0.15, 0.2) is 60.8 Å². The molecule has 0 bridgehead atoms. The molecule has 6 nitrogen and oxygen atoms in total. The molecular weight excluding hydrogens is 366 g/mol. The predicted octanol–water partition coefficient (Wildman–Crippen LogP) is 4.31. The highest BCUT2D eigenvalue weighted by Gasteiger charge is 2.12. The number of ether oxygens (including phenoxy) is 2. The van der Waals surface area contributed by atoms with Crippen LogP contribution >= 0.6 is 0 Å². The molecule has 0 aliphatic rings. The van der Waals surface area contributed by atoms with Crippen molar-refractivity contribution >= 4 is 17.3 Å². The minimum absolute atomic E-state index is 0.285. The number of methoxy groups -OCH3 is 2. The molecule has 0 saturated heterocycles. The summed E-state index contributed by atoms with van der Waals surface area (Å²) < 4.78 is 10.5. The van der Waals surface area contributed by atoms with Crippen molar-refractivity contribution in [1.29, 1.82) is 0 Å². The van der Waals surface area contributed by atoms with Gasteiger partial charge in [0.2, 0.25) is 0 Å². The van der Waals surface area contributed by atoms with Crippen LogP contribution in [0.2, 0.25) is 0 Å². The van der Waals surface area contributed by atoms with Gasteiger partial charge in [-0.25, -0.2) is 0 Å². The van der Waals surface area contributed by atoms with Crippen molar-refractivity contribution in [1.82, 2.24) is 4.98 Å². The van der Waals surface area contributed by atoms with E-state index in [-0.39, 0.29) is 5.91 Å². The number of nitrogens with zero attached hydrogens (tertiary/aromatic N) is 1. The normalized spacial score (nSPS) is 10.3. The van der Waals surface area contributed by atoms with E-state index in [2.05, 4.69) is 15.6 Å². The van der Waals surface area contributed by atoms with Crippen LogP contribution in [0.4, 0.5) is 11.4 Å². The van der Waals surface area contributed by atoms with Crippen molar-refractivity contribution in [2.45, 2.75) is 13.3 Å². The van der Waals surface area contributed by atoms with Gasteiger partial charge in [0.15, 0.2) is 0 Å². The first kappa shape index (κ1) is 20.2. The van der Waals surface area contributed by atoms with Gasteiger partial charge in [-0.3, -0.25) is 9.78 Å². The Bertz CT molecular complexity index is 971. The van der Waals surface area contributed by atoms with Gasteiger partial charge in [0.1, 0.15) is 17.2 Å². The van der Waals surface area contributed by atoms with E-state index in [1.807, 2.05) is 55.5 Å². The van der Waals surface area contributed by atoms with Gasteiger partial charge in [0.25, 0.3) is 5.91 Å². The van der Waals surface area contributed by atoms with Gasteiger partial charge in [-0.1, -0.05) is 18.2 Å². The summed E-state index contributed by atoms with van der Waals surface area (Å²) >= 11 is 0. The summed E-state index contributed by atoms with van der Waals surface area (Å²) in [5.74, 6) is 1.17. The number of benzene rings is 2. The number of rotatable bonds is 8. The molecule has 0 spiro atoms. The molecule has 3 aromatic rings. The lowest BCUT2D eigenvalue weighted by molar-refractivity contribution is 0.102. The topological polar surface area (TPSA) is 72.5 Å². The fourth-order valence-corrected chi connectivity index (χ4v) is 2.91. The highest BCUT2D eigenvalue weighted by atomic mass is 16.5. The third-order valence-electron chi connectivity index (χ3n) is 4.50. The van der Waals surface area contributed by atoms with Crippen LogP contribution in [-0.4, -0.2) is 31.7 Å². The van der Waals surface area contributed by atoms with Crippen molar-refractivity contribution in [3.63, 3.8) is 0 Å². The van der Waals surface area contributed by atoms with Gasteiger partial charge in [-0.15, -0.1) is 0 Å². The quantitative estimate of drug-likeness (QED) is 0.598. The van der Waals surface area contributed by atoms with Crippen LogP contribution < -0.4 is 20.1 Å². The largest absolute Gasteiger partial charge is 0.497 e. The number of hydrogen-bond donors (Lipinski definition) is 2. The maximum absolute atomic E-state index is 12.6. The molecule has 1 amide bonds. The molecule has 150 valence electrons. The maximum atomic E-state index is 12.6. The molecule has 0 saturated carbocycles. The molecule has 0 aliphatic heterocycles. The Hall–Kier alpha value is -3.54. The Morgan fingerprint density at radius 3 is 2.52 bits per heavy atom. The Balaban J connectivity index is 1.61. The number of amides is 1. The van der Waals surface area contributed by atoms with E-state index in [0.717, 1.165) is 30.0 Å². The minimum Gasteiger partial charge on any atom is -0.497 e. The monoisotopic (exact) mass is 391 g/mol. The molecular formula is C23H25N3O3. The lowest BCUT2D eigenvalue weighted by Gasteiger charge is -2.12. The molecule has 1 heterocycles. The summed E-state index contributed by atoms with van der Waals surface area (Å²) in [6.45, 7) is 2.70. The number of aryl methyl sites for hydroxylation is 1. The third kappa shape index (κ3) is 5.48. The molecule has 2 N–H and O–H groups in total.